The first-order chi connectivity index (χ1) is 13.0. The number of fused-ring (bicyclic) bond motifs is 2. The van der Waals surface area contributed by atoms with E-state index >= 15 is 0 Å². The molecule has 0 saturated heterocycles. The Morgan fingerprint density at radius 1 is 0.889 bits per heavy atom. The first kappa shape index (κ1) is 19.3. The molecule has 0 fully saturated rings. The number of hydrogen-bond acceptors (Lipinski definition) is 4. The maximum atomic E-state index is 13.1. The van der Waals surface area contributed by atoms with Crippen LogP contribution in [-0.4, -0.2) is 35.0 Å². The van der Waals surface area contributed by atoms with Crippen molar-refractivity contribution in [3.63, 3.8) is 0 Å². The molecule has 2 aromatic rings. The number of rotatable bonds is 6. The maximum Gasteiger partial charge on any atom is 0.225 e. The Kier molecular flexibility index (Phi) is 5.73. The van der Waals surface area contributed by atoms with Crippen LogP contribution in [-0.2, 0) is 16.0 Å². The highest BCUT2D eigenvalue weighted by atomic mass is 35.5. The molecular weight excluding hydrogens is 389 g/mol. The number of amides is 1. The molecule has 1 N–H and O–H groups in total. The molecular formula is C20H15Cl2NO4. The molecule has 5 nitrogen and oxygen atoms in total. The smallest absolute Gasteiger partial charge is 0.225 e. The van der Waals surface area contributed by atoms with Crippen molar-refractivity contribution in [2.24, 2.45) is 0 Å². The zero-order valence-corrected chi connectivity index (χ0v) is 15.7. The second kappa shape index (κ2) is 8.03. The predicted molar refractivity (Wildman–Crippen MR) is 103 cm³/mol. The van der Waals surface area contributed by atoms with E-state index in [-0.39, 0.29) is 64.3 Å². The lowest BCUT2D eigenvalue weighted by molar-refractivity contribution is -0.117. The van der Waals surface area contributed by atoms with E-state index in [1.54, 1.807) is 30.3 Å². The Labute approximate surface area is 165 Å². The third-order valence-corrected chi connectivity index (χ3v) is 4.79. The molecule has 0 atom stereocenters. The first-order valence-corrected chi connectivity index (χ1v) is 9.32. The lowest BCUT2D eigenvalue weighted by Crippen LogP contribution is -2.25. The van der Waals surface area contributed by atoms with Gasteiger partial charge in [0.15, 0.2) is 17.3 Å². The molecule has 0 unspecified atom stereocenters. The Morgan fingerprint density at radius 3 is 2.19 bits per heavy atom. The molecule has 1 aliphatic carbocycles. The Hall–Kier alpha value is -2.50. The number of Topliss-reactive ketones (excluding diaryl/α,β-unsaturated/α-hetero) is 1. The lowest BCUT2D eigenvalue weighted by Gasteiger charge is -2.22. The number of hydrogen-bond donors (Lipinski definition) is 1. The van der Waals surface area contributed by atoms with Crippen LogP contribution < -0.4 is 5.32 Å². The van der Waals surface area contributed by atoms with Gasteiger partial charge < -0.3 is 5.32 Å². The van der Waals surface area contributed by atoms with Gasteiger partial charge >= 0.3 is 0 Å². The van der Waals surface area contributed by atoms with E-state index in [0.29, 0.717) is 11.1 Å². The average molecular weight is 404 g/mol. The fraction of sp³-hybridized carbons (Fsp3) is 0.200. The van der Waals surface area contributed by atoms with Gasteiger partial charge in [0.05, 0.1) is 17.1 Å². The quantitative estimate of drug-likeness (QED) is 0.639. The minimum atomic E-state index is -0.405. The van der Waals surface area contributed by atoms with Gasteiger partial charge in [0.2, 0.25) is 5.91 Å². The number of alkyl halides is 2. The fourth-order valence-electron chi connectivity index (χ4n) is 3.07. The van der Waals surface area contributed by atoms with Crippen LogP contribution in [0.25, 0.3) is 0 Å². The number of halogens is 2. The third kappa shape index (κ3) is 3.66. The standard InChI is InChI=1S/C20H15Cl2NO4/c21-8-7-16(25)23-18-11(9-12(24)10-22)5-6-15-17(18)20(27)14-4-2-1-3-13(14)19(15)26/h1-6H,7-10H2,(H,23,25). The minimum Gasteiger partial charge on any atom is -0.325 e. The summed E-state index contributed by atoms with van der Waals surface area (Å²) >= 11 is 11.2. The van der Waals surface area contributed by atoms with Gasteiger partial charge in [0, 0.05) is 35.4 Å². The van der Waals surface area contributed by atoms with Crippen LogP contribution in [0.4, 0.5) is 5.69 Å². The second-order valence-electron chi connectivity index (χ2n) is 6.06. The molecule has 0 aromatic heterocycles. The summed E-state index contributed by atoms with van der Waals surface area (Å²) in [5, 5.41) is 2.66. The molecule has 0 bridgehead atoms. The second-order valence-corrected chi connectivity index (χ2v) is 6.71. The molecule has 1 aliphatic rings. The molecule has 27 heavy (non-hydrogen) atoms. The Bertz CT molecular complexity index is 968. The van der Waals surface area contributed by atoms with Gasteiger partial charge in [-0.2, -0.15) is 0 Å². The number of nitrogens with one attached hydrogen (secondary N) is 1. The van der Waals surface area contributed by atoms with Crippen molar-refractivity contribution >= 4 is 52.1 Å². The van der Waals surface area contributed by atoms with Crippen LogP contribution in [0.5, 0.6) is 0 Å². The van der Waals surface area contributed by atoms with E-state index in [1.807, 2.05) is 0 Å². The van der Waals surface area contributed by atoms with Crippen LogP contribution in [0.2, 0.25) is 0 Å². The van der Waals surface area contributed by atoms with Crippen LogP contribution in [0.3, 0.4) is 0 Å². The molecule has 3 rings (SSSR count). The summed E-state index contributed by atoms with van der Waals surface area (Å²) in [6.07, 6.45) is -0.0246. The fourth-order valence-corrected chi connectivity index (χ4v) is 3.33. The highest BCUT2D eigenvalue weighted by molar-refractivity contribution is 6.31. The van der Waals surface area contributed by atoms with Gasteiger partial charge in [-0.25, -0.2) is 0 Å². The molecule has 0 saturated carbocycles. The van der Waals surface area contributed by atoms with E-state index < -0.39 is 5.91 Å². The third-order valence-electron chi connectivity index (χ3n) is 4.30. The summed E-state index contributed by atoms with van der Waals surface area (Å²) in [4.78, 5) is 49.9. The highest BCUT2D eigenvalue weighted by Crippen LogP contribution is 2.34. The Balaban J connectivity index is 2.18. The molecule has 7 heteroatoms. The van der Waals surface area contributed by atoms with Crippen molar-refractivity contribution in [3.8, 4) is 0 Å². The average Bonchev–Trinajstić information content (AvgIpc) is 2.67. The topological polar surface area (TPSA) is 80.3 Å². The van der Waals surface area contributed by atoms with Gasteiger partial charge in [-0.3, -0.25) is 19.2 Å². The summed E-state index contributed by atoms with van der Waals surface area (Å²) in [6, 6.07) is 9.60. The number of carbonyl (C=O) groups excluding carboxylic acids is 4. The van der Waals surface area contributed by atoms with Gasteiger partial charge in [0.25, 0.3) is 0 Å². The van der Waals surface area contributed by atoms with E-state index in [2.05, 4.69) is 5.32 Å². The van der Waals surface area contributed by atoms with Gasteiger partial charge in [-0.1, -0.05) is 30.3 Å². The minimum absolute atomic E-state index is 0.0346. The highest BCUT2D eigenvalue weighted by Gasteiger charge is 2.33. The van der Waals surface area contributed by atoms with Crippen molar-refractivity contribution in [1.29, 1.82) is 0 Å². The summed E-state index contributed by atoms with van der Waals surface area (Å²) in [6.45, 7) is 0. The summed E-state index contributed by atoms with van der Waals surface area (Å²) in [5.74, 6) is -1.43. The zero-order chi connectivity index (χ0) is 19.6. The molecule has 1 amide bonds. The molecule has 0 spiro atoms. The van der Waals surface area contributed by atoms with Gasteiger partial charge in [-0.05, 0) is 11.6 Å². The molecule has 0 aliphatic heterocycles. The summed E-state index contributed by atoms with van der Waals surface area (Å²) in [7, 11) is 0. The van der Waals surface area contributed by atoms with Crippen LogP contribution in [0.15, 0.2) is 36.4 Å². The van der Waals surface area contributed by atoms with E-state index in [0.717, 1.165) is 0 Å². The van der Waals surface area contributed by atoms with E-state index in [4.69, 9.17) is 23.2 Å². The van der Waals surface area contributed by atoms with Crippen LogP contribution in [0.1, 0.15) is 43.8 Å². The van der Waals surface area contributed by atoms with Gasteiger partial charge in [0.1, 0.15) is 0 Å². The predicted octanol–water partition coefficient (Wildman–Crippen LogP) is 3.38. The number of benzene rings is 2. The number of ketones is 3. The van der Waals surface area contributed by atoms with Crippen LogP contribution >= 0.6 is 23.2 Å². The van der Waals surface area contributed by atoms with Crippen molar-refractivity contribution in [2.45, 2.75) is 12.8 Å². The molecule has 0 heterocycles. The normalized spacial score (nSPS) is 12.4. The van der Waals surface area contributed by atoms with E-state index in [1.165, 1.54) is 6.07 Å². The monoisotopic (exact) mass is 403 g/mol. The maximum absolute atomic E-state index is 13.1. The van der Waals surface area contributed by atoms with Crippen molar-refractivity contribution in [3.05, 3.63) is 64.2 Å². The summed E-state index contributed by atoms with van der Waals surface area (Å²) < 4.78 is 0. The van der Waals surface area contributed by atoms with E-state index in [9.17, 15) is 19.2 Å². The van der Waals surface area contributed by atoms with Crippen LogP contribution in [0, 0.1) is 0 Å². The van der Waals surface area contributed by atoms with Crippen molar-refractivity contribution in [1.82, 2.24) is 0 Å². The van der Waals surface area contributed by atoms with Crippen molar-refractivity contribution < 1.29 is 19.2 Å². The number of anilines is 1. The largest absolute Gasteiger partial charge is 0.325 e. The summed E-state index contributed by atoms with van der Waals surface area (Å²) in [5.41, 5.74) is 1.49. The van der Waals surface area contributed by atoms with Crippen molar-refractivity contribution in [2.75, 3.05) is 17.1 Å². The lowest BCUT2D eigenvalue weighted by atomic mass is 9.81. The molecule has 0 radical (unpaired) electrons. The zero-order valence-electron chi connectivity index (χ0n) is 14.2. The first-order valence-electron chi connectivity index (χ1n) is 8.25. The molecule has 2 aromatic carbocycles. The Morgan fingerprint density at radius 2 is 1.56 bits per heavy atom. The number of carbonyl (C=O) groups is 4. The SMILES string of the molecule is O=C(CCl)Cc1ccc2c(c1NC(=O)CCCl)C(=O)c1ccccc1C2=O. The molecule has 138 valence electrons. The van der Waals surface area contributed by atoms with Gasteiger partial charge in [-0.15, -0.1) is 23.2 Å².